The molecule has 3 aliphatic rings. The fourth-order valence-electron chi connectivity index (χ4n) is 5.11. The number of hydrogen-bond acceptors (Lipinski definition) is 3. The maximum atomic E-state index is 12.8. The first-order valence-corrected chi connectivity index (χ1v) is 10.9. The summed E-state index contributed by atoms with van der Waals surface area (Å²) in [5, 5.41) is 13.3. The van der Waals surface area contributed by atoms with Crippen molar-refractivity contribution in [3.05, 3.63) is 59.8 Å². The van der Waals surface area contributed by atoms with E-state index in [0.717, 1.165) is 41.4 Å². The Hall–Kier alpha value is -3.47. The van der Waals surface area contributed by atoms with Crippen LogP contribution in [0.15, 0.2) is 48.7 Å². The van der Waals surface area contributed by atoms with E-state index in [4.69, 9.17) is 4.74 Å². The molecule has 5 nitrogen and oxygen atoms in total. The normalized spacial score (nSPS) is 23.7. The predicted octanol–water partition coefficient (Wildman–Crippen LogP) is 5.69. The first-order valence-electron chi connectivity index (χ1n) is 10.9. The molecule has 0 unspecified atom stereocenters. The first-order chi connectivity index (χ1) is 15.8. The van der Waals surface area contributed by atoms with Crippen molar-refractivity contribution in [2.24, 2.45) is 17.3 Å². The summed E-state index contributed by atoms with van der Waals surface area (Å²) in [5.41, 5.74) is 1.57. The van der Waals surface area contributed by atoms with Crippen LogP contribution in [0.5, 0.6) is 5.75 Å². The maximum Gasteiger partial charge on any atom is 0.416 e. The molecule has 1 heterocycles. The van der Waals surface area contributed by atoms with Crippen LogP contribution in [0.25, 0.3) is 10.9 Å². The Kier molecular flexibility index (Phi) is 5.08. The topological polar surface area (TPSA) is 77.9 Å². The molecule has 1 aromatic heterocycles. The molecule has 1 amide bonds. The number of halogens is 3. The van der Waals surface area contributed by atoms with E-state index in [1.54, 1.807) is 6.20 Å². The minimum atomic E-state index is -4.37. The summed E-state index contributed by atoms with van der Waals surface area (Å²) in [6.07, 6.45) is 0.230. The molecule has 2 aromatic carbocycles. The van der Waals surface area contributed by atoms with Crippen molar-refractivity contribution in [1.82, 2.24) is 4.98 Å². The lowest BCUT2D eigenvalue weighted by molar-refractivity contribution is -0.137. The second-order valence-electron chi connectivity index (χ2n) is 9.06. The van der Waals surface area contributed by atoms with E-state index in [1.165, 1.54) is 12.1 Å². The highest BCUT2D eigenvalue weighted by Crippen LogP contribution is 2.61. The van der Waals surface area contributed by atoms with Gasteiger partial charge in [0, 0.05) is 29.4 Å². The number of H-pyrrole nitrogens is 1. The van der Waals surface area contributed by atoms with Crippen molar-refractivity contribution >= 4 is 22.5 Å². The molecular formula is C25H22F3N3O2. The third-order valence-electron chi connectivity index (χ3n) is 6.90. The van der Waals surface area contributed by atoms with Crippen LogP contribution in [-0.4, -0.2) is 17.5 Å². The van der Waals surface area contributed by atoms with Crippen LogP contribution in [0.2, 0.25) is 0 Å². The standard InChI is InChI=1S/C25H22F3N3O2/c26-25(27,28)17-2-4-18(5-3-17)33-8-7-15-1-6-21-19(9-15)22(13-30-21)31-23(32)20-12-24(14-29)10-16(20)11-24/h1-6,9,13,16,20,30H,7-8,10-12H2,(H,31,32)/t16?,20-,24?/m1/s1. The van der Waals surface area contributed by atoms with Gasteiger partial charge in [-0.15, -0.1) is 0 Å². The van der Waals surface area contributed by atoms with Gasteiger partial charge in [0.25, 0.3) is 0 Å². The van der Waals surface area contributed by atoms with Crippen molar-refractivity contribution < 1.29 is 22.7 Å². The highest BCUT2D eigenvalue weighted by Gasteiger charge is 2.58. The van der Waals surface area contributed by atoms with Gasteiger partial charge in [0.2, 0.25) is 5.91 Å². The molecule has 3 aromatic rings. The van der Waals surface area contributed by atoms with Gasteiger partial charge in [-0.1, -0.05) is 6.07 Å². The minimum absolute atomic E-state index is 0.0356. The molecule has 3 saturated carbocycles. The average molecular weight is 453 g/mol. The van der Waals surface area contributed by atoms with Crippen LogP contribution in [0.3, 0.4) is 0 Å². The number of carbonyl (C=O) groups is 1. The van der Waals surface area contributed by atoms with Crippen LogP contribution < -0.4 is 10.1 Å². The Labute approximate surface area is 188 Å². The molecule has 3 fully saturated rings. The largest absolute Gasteiger partial charge is 0.493 e. The molecule has 0 radical (unpaired) electrons. The zero-order valence-electron chi connectivity index (χ0n) is 17.7. The highest BCUT2D eigenvalue weighted by molar-refractivity contribution is 6.02. The molecule has 6 rings (SSSR count). The number of benzene rings is 2. The molecule has 0 aliphatic heterocycles. The molecule has 0 spiro atoms. The van der Waals surface area contributed by atoms with Gasteiger partial charge in [0.1, 0.15) is 5.75 Å². The number of aromatic amines is 1. The molecule has 1 atom stereocenters. The lowest BCUT2D eigenvalue weighted by Gasteiger charge is -2.31. The summed E-state index contributed by atoms with van der Waals surface area (Å²) in [7, 11) is 0. The van der Waals surface area contributed by atoms with E-state index in [1.807, 2.05) is 18.2 Å². The van der Waals surface area contributed by atoms with Crippen LogP contribution in [0.4, 0.5) is 18.9 Å². The molecule has 0 saturated heterocycles. The number of amides is 1. The predicted molar refractivity (Wildman–Crippen MR) is 116 cm³/mol. The fraction of sp³-hybridized carbons (Fsp3) is 0.360. The van der Waals surface area contributed by atoms with Crippen LogP contribution in [-0.2, 0) is 17.4 Å². The third-order valence-corrected chi connectivity index (χ3v) is 6.90. The third kappa shape index (κ3) is 4.04. The summed E-state index contributed by atoms with van der Waals surface area (Å²) in [4.78, 5) is 16.0. The number of carbonyl (C=O) groups excluding carboxylic acids is 1. The number of anilines is 1. The second kappa shape index (κ2) is 7.84. The Bertz CT molecular complexity index is 1230. The van der Waals surface area contributed by atoms with Gasteiger partial charge in [-0.2, -0.15) is 18.4 Å². The summed E-state index contributed by atoms with van der Waals surface area (Å²) in [5.74, 6) is 0.526. The van der Waals surface area contributed by atoms with E-state index in [9.17, 15) is 23.2 Å². The number of rotatable bonds is 6. The lowest BCUT2D eigenvalue weighted by Crippen LogP contribution is -2.28. The molecule has 8 heteroatoms. The van der Waals surface area contributed by atoms with Crippen molar-refractivity contribution in [3.8, 4) is 11.8 Å². The maximum absolute atomic E-state index is 12.8. The molecule has 3 aliphatic carbocycles. The Morgan fingerprint density at radius 3 is 2.61 bits per heavy atom. The summed E-state index contributed by atoms with van der Waals surface area (Å²) >= 11 is 0. The number of alkyl halides is 3. The highest BCUT2D eigenvalue weighted by atomic mass is 19.4. The molecule has 2 N–H and O–H groups in total. The Balaban J connectivity index is 1.21. The van der Waals surface area contributed by atoms with Gasteiger partial charge in [0.05, 0.1) is 29.3 Å². The van der Waals surface area contributed by atoms with Crippen LogP contribution in [0, 0.1) is 28.6 Å². The monoisotopic (exact) mass is 453 g/mol. The molecule has 170 valence electrons. The van der Waals surface area contributed by atoms with Gasteiger partial charge in [-0.25, -0.2) is 0 Å². The average Bonchev–Trinajstić information content (AvgIpc) is 3.45. The summed E-state index contributed by atoms with van der Waals surface area (Å²) < 4.78 is 43.6. The van der Waals surface area contributed by atoms with Gasteiger partial charge in [-0.3, -0.25) is 4.79 Å². The van der Waals surface area contributed by atoms with E-state index >= 15 is 0 Å². The zero-order chi connectivity index (χ0) is 23.2. The number of aromatic nitrogens is 1. The number of nitrogens with zero attached hydrogens (tertiary/aromatic N) is 1. The summed E-state index contributed by atoms with van der Waals surface area (Å²) in [6, 6.07) is 12.9. The van der Waals surface area contributed by atoms with E-state index < -0.39 is 11.7 Å². The number of nitrogens with one attached hydrogen (secondary N) is 2. The Morgan fingerprint density at radius 2 is 1.94 bits per heavy atom. The zero-order valence-corrected chi connectivity index (χ0v) is 17.7. The smallest absolute Gasteiger partial charge is 0.416 e. The Morgan fingerprint density at radius 1 is 1.18 bits per heavy atom. The number of hydrogen-bond donors (Lipinski definition) is 2. The van der Waals surface area contributed by atoms with Gasteiger partial charge < -0.3 is 15.0 Å². The van der Waals surface area contributed by atoms with Crippen molar-refractivity contribution in [3.63, 3.8) is 0 Å². The van der Waals surface area contributed by atoms with Crippen molar-refractivity contribution in [2.75, 3.05) is 11.9 Å². The molecule has 2 bridgehead atoms. The van der Waals surface area contributed by atoms with Crippen molar-refractivity contribution in [1.29, 1.82) is 5.26 Å². The van der Waals surface area contributed by atoms with Gasteiger partial charge in [0.15, 0.2) is 0 Å². The van der Waals surface area contributed by atoms with Crippen LogP contribution >= 0.6 is 0 Å². The second-order valence-corrected chi connectivity index (χ2v) is 9.06. The number of fused-ring (bicyclic) bond motifs is 2. The molecule has 33 heavy (non-hydrogen) atoms. The first kappa shape index (κ1) is 21.4. The van der Waals surface area contributed by atoms with Crippen molar-refractivity contribution in [2.45, 2.75) is 31.9 Å². The lowest BCUT2D eigenvalue weighted by atomic mass is 9.70. The minimum Gasteiger partial charge on any atom is -0.493 e. The van der Waals surface area contributed by atoms with E-state index in [-0.39, 0.29) is 17.2 Å². The summed E-state index contributed by atoms with van der Waals surface area (Å²) in [6.45, 7) is 0.309. The SMILES string of the molecule is N#CC12CC(C1)[C@H](C(=O)Nc1c[nH]c3ccc(CCOc4ccc(C(F)(F)F)cc4)cc13)C2. The molecular weight excluding hydrogens is 431 g/mol. The fourth-order valence-corrected chi connectivity index (χ4v) is 5.11. The quantitative estimate of drug-likeness (QED) is 0.504. The van der Waals surface area contributed by atoms with Gasteiger partial charge >= 0.3 is 6.18 Å². The van der Waals surface area contributed by atoms with Crippen LogP contribution in [0.1, 0.15) is 30.4 Å². The van der Waals surface area contributed by atoms with E-state index in [0.29, 0.717) is 36.8 Å². The van der Waals surface area contributed by atoms with E-state index in [2.05, 4.69) is 16.4 Å². The van der Waals surface area contributed by atoms with Gasteiger partial charge in [-0.05, 0) is 67.1 Å². The number of ether oxygens (including phenoxy) is 1. The number of nitriles is 1.